The van der Waals surface area contributed by atoms with Crippen LogP contribution >= 0.6 is 0 Å². The van der Waals surface area contributed by atoms with E-state index in [1.165, 1.54) is 64.2 Å². The Hall–Kier alpha value is 0.0569. The van der Waals surface area contributed by atoms with Crippen LogP contribution in [0.3, 0.4) is 0 Å². The first-order chi connectivity index (χ1) is 10.4. The van der Waals surface area contributed by atoms with Crippen LogP contribution in [-0.2, 0) is 4.43 Å². The summed E-state index contributed by atoms with van der Waals surface area (Å²) in [5.41, 5.74) is 0. The van der Waals surface area contributed by atoms with Crippen molar-refractivity contribution in [2.24, 2.45) is 0 Å². The molecule has 2 fully saturated rings. The number of likely N-dealkylation sites (N-methyl/N-ethyl adjacent to an activating group) is 1. The van der Waals surface area contributed by atoms with E-state index in [2.05, 4.69) is 22.2 Å². The largest absolute Gasteiger partial charge is 0.393 e. The summed E-state index contributed by atoms with van der Waals surface area (Å²) in [5, 5.41) is 3.35. The van der Waals surface area contributed by atoms with E-state index in [1.807, 2.05) is 0 Å². The summed E-state index contributed by atoms with van der Waals surface area (Å²) in [6.45, 7) is 4.99. The molecule has 0 unspecified atom stereocenters. The third kappa shape index (κ3) is 7.24. The van der Waals surface area contributed by atoms with Gasteiger partial charge in [0.15, 0.2) is 0 Å². The molecular formula is C16H35N3OSi. The van der Waals surface area contributed by atoms with Crippen LogP contribution in [0.4, 0.5) is 0 Å². The molecule has 0 atom stereocenters. The maximum atomic E-state index is 6.20. The lowest BCUT2D eigenvalue weighted by Gasteiger charge is -2.32. The summed E-state index contributed by atoms with van der Waals surface area (Å²) < 4.78 is 6.20. The maximum Gasteiger partial charge on any atom is 0.335 e. The highest BCUT2D eigenvalue weighted by atomic mass is 28.3. The Morgan fingerprint density at radius 1 is 0.857 bits per heavy atom. The van der Waals surface area contributed by atoms with Crippen molar-refractivity contribution in [2.75, 3.05) is 19.7 Å². The summed E-state index contributed by atoms with van der Waals surface area (Å²) in [4.78, 5) is 7.72. The maximum absolute atomic E-state index is 6.20. The van der Waals surface area contributed by atoms with Gasteiger partial charge in [0.25, 0.3) is 0 Å². The van der Waals surface area contributed by atoms with Crippen LogP contribution < -0.4 is 15.3 Å². The Kier molecular flexibility index (Phi) is 8.89. The molecule has 0 bridgehead atoms. The molecule has 2 aliphatic rings. The lowest BCUT2D eigenvalue weighted by atomic mass is 9.96. The minimum absolute atomic E-state index is 0.700. The minimum atomic E-state index is -1.46. The SMILES string of the molecule is CCNCCO[SiH](NC1CCCCC1)NC1CCCCC1. The van der Waals surface area contributed by atoms with Crippen molar-refractivity contribution >= 4 is 9.36 Å². The molecule has 0 aromatic carbocycles. The predicted octanol–water partition coefficient (Wildman–Crippen LogP) is 2.17. The van der Waals surface area contributed by atoms with Crippen molar-refractivity contribution in [3.05, 3.63) is 0 Å². The average molecular weight is 314 g/mol. The minimum Gasteiger partial charge on any atom is -0.393 e. The molecule has 2 saturated carbocycles. The molecule has 0 aliphatic heterocycles. The zero-order valence-corrected chi connectivity index (χ0v) is 15.0. The van der Waals surface area contributed by atoms with Gasteiger partial charge in [0, 0.05) is 25.2 Å². The van der Waals surface area contributed by atoms with Gasteiger partial charge in [-0.25, -0.2) is 0 Å². The first kappa shape index (κ1) is 17.4. The smallest absolute Gasteiger partial charge is 0.335 e. The van der Waals surface area contributed by atoms with Gasteiger partial charge in [0.05, 0.1) is 0 Å². The zero-order valence-electron chi connectivity index (χ0n) is 13.8. The van der Waals surface area contributed by atoms with Crippen LogP contribution in [0.1, 0.15) is 71.1 Å². The lowest BCUT2D eigenvalue weighted by molar-refractivity contribution is 0.275. The van der Waals surface area contributed by atoms with Gasteiger partial charge in [0.1, 0.15) is 0 Å². The van der Waals surface area contributed by atoms with Crippen LogP contribution in [0.5, 0.6) is 0 Å². The second-order valence-electron chi connectivity index (χ2n) is 6.61. The van der Waals surface area contributed by atoms with Crippen LogP contribution in [0.25, 0.3) is 0 Å². The van der Waals surface area contributed by atoms with Crippen LogP contribution in [0, 0.1) is 0 Å². The van der Waals surface area contributed by atoms with Gasteiger partial charge in [0.2, 0.25) is 0 Å². The quantitative estimate of drug-likeness (QED) is 0.451. The number of nitrogens with one attached hydrogen (secondary N) is 3. The van der Waals surface area contributed by atoms with Crippen molar-refractivity contribution in [3.8, 4) is 0 Å². The van der Waals surface area contributed by atoms with Crippen LogP contribution in [0.2, 0.25) is 0 Å². The molecule has 0 spiro atoms. The van der Waals surface area contributed by atoms with Crippen LogP contribution in [-0.4, -0.2) is 41.1 Å². The Morgan fingerprint density at radius 3 is 1.86 bits per heavy atom. The number of hydrogen-bond acceptors (Lipinski definition) is 4. The van der Waals surface area contributed by atoms with E-state index in [9.17, 15) is 0 Å². The molecule has 4 nitrogen and oxygen atoms in total. The Balaban J connectivity index is 1.73. The first-order valence-corrected chi connectivity index (χ1v) is 10.9. The molecule has 21 heavy (non-hydrogen) atoms. The van der Waals surface area contributed by atoms with E-state index < -0.39 is 9.36 Å². The van der Waals surface area contributed by atoms with Crippen molar-refractivity contribution in [1.82, 2.24) is 15.3 Å². The number of hydrogen-bond donors (Lipinski definition) is 3. The van der Waals surface area contributed by atoms with E-state index in [1.54, 1.807) is 0 Å². The zero-order chi connectivity index (χ0) is 14.8. The number of rotatable bonds is 9. The van der Waals surface area contributed by atoms with E-state index in [4.69, 9.17) is 4.43 Å². The van der Waals surface area contributed by atoms with Gasteiger partial charge in [-0.15, -0.1) is 0 Å². The lowest BCUT2D eigenvalue weighted by Crippen LogP contribution is -2.58. The average Bonchev–Trinajstić information content (AvgIpc) is 2.53. The summed E-state index contributed by atoms with van der Waals surface area (Å²) in [6.07, 6.45) is 13.7. The second-order valence-corrected chi connectivity index (χ2v) is 8.37. The Bertz CT molecular complexity index is 236. The molecule has 0 amide bonds. The highest BCUT2D eigenvalue weighted by molar-refractivity contribution is 6.46. The van der Waals surface area contributed by atoms with Crippen molar-refractivity contribution in [2.45, 2.75) is 83.2 Å². The molecule has 0 aromatic rings. The molecule has 0 radical (unpaired) electrons. The van der Waals surface area contributed by atoms with Gasteiger partial charge in [-0.1, -0.05) is 45.4 Å². The first-order valence-electron chi connectivity index (χ1n) is 9.23. The fourth-order valence-electron chi connectivity index (χ4n) is 3.54. The molecule has 124 valence electrons. The van der Waals surface area contributed by atoms with Gasteiger partial charge in [-0.05, 0) is 32.2 Å². The standard InChI is InChI=1S/C16H35N3OSi/c1-2-17-13-14-20-21(18-15-9-5-3-6-10-15)19-16-11-7-4-8-12-16/h15-19,21H,2-14H2,1H3. The molecule has 0 aromatic heterocycles. The summed E-state index contributed by atoms with van der Waals surface area (Å²) >= 11 is 0. The van der Waals surface area contributed by atoms with Gasteiger partial charge < -0.3 is 19.7 Å². The van der Waals surface area contributed by atoms with E-state index in [0.29, 0.717) is 12.1 Å². The Morgan fingerprint density at radius 2 is 1.38 bits per heavy atom. The fourth-order valence-corrected chi connectivity index (χ4v) is 5.70. The molecule has 3 N–H and O–H groups in total. The van der Waals surface area contributed by atoms with Gasteiger partial charge >= 0.3 is 9.36 Å². The summed E-state index contributed by atoms with van der Waals surface area (Å²) in [5.74, 6) is 0. The summed E-state index contributed by atoms with van der Waals surface area (Å²) in [7, 11) is -1.46. The fraction of sp³-hybridized carbons (Fsp3) is 1.00. The highest BCUT2D eigenvalue weighted by Gasteiger charge is 2.24. The second kappa shape index (κ2) is 10.7. The third-order valence-corrected chi connectivity index (χ3v) is 6.92. The van der Waals surface area contributed by atoms with Crippen LogP contribution in [0.15, 0.2) is 0 Å². The normalized spacial score (nSPS) is 22.0. The molecule has 2 rings (SSSR count). The third-order valence-electron chi connectivity index (χ3n) is 4.80. The predicted molar refractivity (Wildman–Crippen MR) is 91.7 cm³/mol. The van der Waals surface area contributed by atoms with Gasteiger partial charge in [-0.2, -0.15) is 0 Å². The van der Waals surface area contributed by atoms with Crippen molar-refractivity contribution < 1.29 is 4.43 Å². The molecule has 2 aliphatic carbocycles. The van der Waals surface area contributed by atoms with E-state index >= 15 is 0 Å². The van der Waals surface area contributed by atoms with Crippen molar-refractivity contribution in [3.63, 3.8) is 0 Å². The highest BCUT2D eigenvalue weighted by Crippen LogP contribution is 2.19. The molecular weight excluding hydrogens is 278 g/mol. The topological polar surface area (TPSA) is 45.3 Å². The van der Waals surface area contributed by atoms with Crippen molar-refractivity contribution in [1.29, 1.82) is 0 Å². The molecule has 0 saturated heterocycles. The summed E-state index contributed by atoms with van der Waals surface area (Å²) in [6, 6.07) is 1.40. The molecule has 5 heteroatoms. The monoisotopic (exact) mass is 313 g/mol. The Labute approximate surface area is 132 Å². The molecule has 0 heterocycles. The van der Waals surface area contributed by atoms with E-state index in [0.717, 1.165) is 19.7 Å². The van der Waals surface area contributed by atoms with Gasteiger partial charge in [-0.3, -0.25) is 0 Å². The van der Waals surface area contributed by atoms with E-state index in [-0.39, 0.29) is 0 Å².